The molecule has 0 bridgehead atoms. The van der Waals surface area contributed by atoms with Gasteiger partial charge in [-0.15, -0.1) is 11.8 Å². The fourth-order valence-corrected chi connectivity index (χ4v) is 2.28. The van der Waals surface area contributed by atoms with Gasteiger partial charge in [-0.1, -0.05) is 0 Å². The van der Waals surface area contributed by atoms with Gasteiger partial charge < -0.3 is 10.5 Å². The van der Waals surface area contributed by atoms with E-state index in [0.717, 1.165) is 22.0 Å². The van der Waals surface area contributed by atoms with Crippen molar-refractivity contribution in [2.24, 2.45) is 0 Å². The molecule has 0 aliphatic heterocycles. The van der Waals surface area contributed by atoms with Crippen LogP contribution < -0.4 is 5.73 Å². The van der Waals surface area contributed by atoms with E-state index < -0.39 is 0 Å². The number of pyridine rings is 1. The fraction of sp³-hybridized carbons (Fsp3) is 0.143. The molecule has 98 valence electrons. The highest BCUT2D eigenvalue weighted by Gasteiger charge is 2.05. The number of nitrogens with two attached hydrogens (primary N) is 1. The molecule has 2 aromatic rings. The minimum Gasteiger partial charge on any atom is -0.465 e. The Morgan fingerprint density at radius 3 is 2.58 bits per heavy atom. The van der Waals surface area contributed by atoms with E-state index in [1.54, 1.807) is 17.8 Å². The molecule has 0 unspecified atom stereocenters. The lowest BCUT2D eigenvalue weighted by molar-refractivity contribution is 0.0600. The van der Waals surface area contributed by atoms with Gasteiger partial charge >= 0.3 is 5.97 Å². The van der Waals surface area contributed by atoms with Crippen molar-refractivity contribution < 1.29 is 9.53 Å². The molecule has 4 nitrogen and oxygen atoms in total. The molecule has 0 atom stereocenters. The number of anilines is 1. The molecule has 2 rings (SSSR count). The van der Waals surface area contributed by atoms with Crippen LogP contribution in [0.2, 0.25) is 0 Å². The molecule has 0 spiro atoms. The van der Waals surface area contributed by atoms with Gasteiger partial charge in [-0.25, -0.2) is 4.79 Å². The summed E-state index contributed by atoms with van der Waals surface area (Å²) >= 11 is 1.67. The number of nitrogen functional groups attached to an aromatic ring is 1. The molecule has 0 saturated heterocycles. The smallest absolute Gasteiger partial charge is 0.339 e. The quantitative estimate of drug-likeness (QED) is 0.527. The first kappa shape index (κ1) is 13.4. The van der Waals surface area contributed by atoms with Gasteiger partial charge in [0.1, 0.15) is 0 Å². The number of hydrogen-bond acceptors (Lipinski definition) is 5. The predicted molar refractivity (Wildman–Crippen MR) is 76.0 cm³/mol. The monoisotopic (exact) mass is 274 g/mol. The Labute approximate surface area is 116 Å². The van der Waals surface area contributed by atoms with Crippen LogP contribution in [-0.4, -0.2) is 18.1 Å². The zero-order valence-electron chi connectivity index (χ0n) is 10.5. The summed E-state index contributed by atoms with van der Waals surface area (Å²) < 4.78 is 4.62. The lowest BCUT2D eigenvalue weighted by atomic mass is 10.2. The summed E-state index contributed by atoms with van der Waals surface area (Å²) in [5, 5.41) is 0. The van der Waals surface area contributed by atoms with Crippen LogP contribution >= 0.6 is 11.8 Å². The number of thioether (sulfide) groups is 1. The van der Waals surface area contributed by atoms with Gasteiger partial charge in [0.15, 0.2) is 0 Å². The van der Waals surface area contributed by atoms with Crippen molar-refractivity contribution in [1.29, 1.82) is 0 Å². The van der Waals surface area contributed by atoms with Crippen LogP contribution in [0, 0.1) is 0 Å². The normalized spacial score (nSPS) is 10.2. The molecule has 5 heteroatoms. The number of carbonyl (C=O) groups is 1. The maximum Gasteiger partial charge on any atom is 0.339 e. The van der Waals surface area contributed by atoms with Crippen molar-refractivity contribution in [3.63, 3.8) is 0 Å². The Kier molecular flexibility index (Phi) is 4.41. The number of carbonyl (C=O) groups excluding carboxylic acids is 1. The molecule has 0 aliphatic rings. The van der Waals surface area contributed by atoms with Gasteiger partial charge in [0.25, 0.3) is 0 Å². The summed E-state index contributed by atoms with van der Waals surface area (Å²) in [6.45, 7) is 0. The molecule has 19 heavy (non-hydrogen) atoms. The molecule has 0 amide bonds. The van der Waals surface area contributed by atoms with Gasteiger partial charge in [0.05, 0.1) is 18.4 Å². The van der Waals surface area contributed by atoms with Crippen LogP contribution in [0.1, 0.15) is 16.1 Å². The third-order valence-corrected chi connectivity index (χ3v) is 3.56. The summed E-state index contributed by atoms with van der Waals surface area (Å²) in [6, 6.07) is 11.2. The molecule has 0 radical (unpaired) electrons. The average Bonchev–Trinajstić information content (AvgIpc) is 2.46. The number of nitrogens with zero attached hydrogens (tertiary/aromatic N) is 1. The minimum absolute atomic E-state index is 0.370. The molecule has 1 aromatic carbocycles. The van der Waals surface area contributed by atoms with Crippen molar-refractivity contribution >= 4 is 23.4 Å². The molecule has 0 fully saturated rings. The first-order chi connectivity index (χ1) is 9.19. The Balaban J connectivity index is 1.96. The molecular formula is C14H14N2O2S. The largest absolute Gasteiger partial charge is 0.465 e. The van der Waals surface area contributed by atoms with Gasteiger partial charge in [-0.05, 0) is 36.4 Å². The second-order valence-corrected chi connectivity index (χ2v) is 4.94. The maximum absolute atomic E-state index is 11.3. The lowest BCUT2D eigenvalue weighted by Gasteiger charge is -2.03. The zero-order chi connectivity index (χ0) is 13.7. The van der Waals surface area contributed by atoms with E-state index >= 15 is 0 Å². The Hall–Kier alpha value is -2.01. The van der Waals surface area contributed by atoms with Crippen molar-refractivity contribution in [3.8, 4) is 0 Å². The highest BCUT2D eigenvalue weighted by atomic mass is 32.2. The van der Waals surface area contributed by atoms with Crippen molar-refractivity contribution in [3.05, 3.63) is 53.9 Å². The molecule has 0 saturated carbocycles. The highest BCUT2D eigenvalue weighted by molar-refractivity contribution is 7.98. The number of rotatable bonds is 4. The Morgan fingerprint density at radius 2 is 2.00 bits per heavy atom. The highest BCUT2D eigenvalue weighted by Crippen LogP contribution is 2.22. The van der Waals surface area contributed by atoms with E-state index in [-0.39, 0.29) is 5.97 Å². The second-order valence-electron chi connectivity index (χ2n) is 3.89. The van der Waals surface area contributed by atoms with Crippen LogP contribution in [-0.2, 0) is 10.5 Å². The lowest BCUT2D eigenvalue weighted by Crippen LogP contribution is -2.02. The SMILES string of the molecule is COC(=O)c1ccc(CSc2ccc(N)cc2)nc1. The number of benzene rings is 1. The molecule has 0 aliphatic carbocycles. The van der Waals surface area contributed by atoms with Crippen LogP contribution in [0.15, 0.2) is 47.5 Å². The van der Waals surface area contributed by atoms with Gasteiger partial charge in [-0.3, -0.25) is 4.98 Å². The molecule has 1 heterocycles. The van der Waals surface area contributed by atoms with E-state index in [9.17, 15) is 4.79 Å². The van der Waals surface area contributed by atoms with E-state index in [4.69, 9.17) is 5.73 Å². The van der Waals surface area contributed by atoms with Gasteiger partial charge in [-0.2, -0.15) is 0 Å². The number of esters is 1. The standard InChI is InChI=1S/C14H14N2O2S/c1-18-14(17)10-2-5-12(16-8-10)9-19-13-6-3-11(15)4-7-13/h2-8H,9,15H2,1H3. The zero-order valence-corrected chi connectivity index (χ0v) is 11.3. The van der Waals surface area contributed by atoms with E-state index in [1.807, 2.05) is 30.3 Å². The van der Waals surface area contributed by atoms with Crippen molar-refractivity contribution in [1.82, 2.24) is 4.98 Å². The summed E-state index contributed by atoms with van der Waals surface area (Å²) in [4.78, 5) is 16.6. The van der Waals surface area contributed by atoms with Crippen LogP contribution in [0.3, 0.4) is 0 Å². The third-order valence-electron chi connectivity index (χ3n) is 2.51. The Bertz CT molecular complexity index is 553. The second kappa shape index (κ2) is 6.24. The first-order valence-corrected chi connectivity index (χ1v) is 6.69. The Morgan fingerprint density at radius 1 is 1.26 bits per heavy atom. The topological polar surface area (TPSA) is 65.2 Å². The third kappa shape index (κ3) is 3.72. The van der Waals surface area contributed by atoms with Crippen LogP contribution in [0.5, 0.6) is 0 Å². The van der Waals surface area contributed by atoms with Crippen molar-refractivity contribution in [2.75, 3.05) is 12.8 Å². The van der Waals surface area contributed by atoms with Crippen molar-refractivity contribution in [2.45, 2.75) is 10.6 Å². The average molecular weight is 274 g/mol. The van der Waals surface area contributed by atoms with E-state index in [2.05, 4.69) is 9.72 Å². The minimum atomic E-state index is -0.370. The summed E-state index contributed by atoms with van der Waals surface area (Å²) in [6.07, 6.45) is 1.53. The number of hydrogen-bond donors (Lipinski definition) is 1. The van der Waals surface area contributed by atoms with E-state index in [0.29, 0.717) is 5.56 Å². The van der Waals surface area contributed by atoms with E-state index in [1.165, 1.54) is 13.3 Å². The summed E-state index contributed by atoms with van der Waals surface area (Å²) in [7, 11) is 1.35. The number of methoxy groups -OCH3 is 1. The molecule has 2 N–H and O–H groups in total. The summed E-state index contributed by atoms with van der Waals surface area (Å²) in [5.41, 5.74) is 7.75. The first-order valence-electron chi connectivity index (χ1n) is 5.70. The van der Waals surface area contributed by atoms with Gasteiger partial charge in [0, 0.05) is 22.5 Å². The van der Waals surface area contributed by atoms with Crippen LogP contribution in [0.4, 0.5) is 5.69 Å². The molecule has 1 aromatic heterocycles. The van der Waals surface area contributed by atoms with Crippen LogP contribution in [0.25, 0.3) is 0 Å². The maximum atomic E-state index is 11.3. The molecular weight excluding hydrogens is 260 g/mol. The summed E-state index contributed by atoms with van der Waals surface area (Å²) in [5.74, 6) is 0.371. The fourth-order valence-electron chi connectivity index (χ4n) is 1.47. The number of aromatic nitrogens is 1. The predicted octanol–water partition coefficient (Wildman–Crippen LogP) is 2.74. The van der Waals surface area contributed by atoms with Gasteiger partial charge in [0.2, 0.25) is 0 Å². The number of ether oxygens (including phenoxy) is 1.